The van der Waals surface area contributed by atoms with Gasteiger partial charge in [-0.25, -0.2) is 0 Å². The average molecular weight is 395 g/mol. The van der Waals surface area contributed by atoms with Crippen molar-refractivity contribution >= 4 is 11.8 Å². The first-order chi connectivity index (χ1) is 13.8. The largest absolute Gasteiger partial charge is 0.497 e. The van der Waals surface area contributed by atoms with Gasteiger partial charge in [0, 0.05) is 0 Å². The van der Waals surface area contributed by atoms with E-state index in [1.165, 1.54) is 18.2 Å². The number of carbonyl (C=O) groups excluding carboxylic acids is 2. The molecule has 0 spiro atoms. The van der Waals surface area contributed by atoms with Crippen LogP contribution in [0.25, 0.3) is 0 Å². The average Bonchev–Trinajstić information content (AvgIpc) is 3.15. The van der Waals surface area contributed by atoms with Crippen molar-refractivity contribution in [2.24, 2.45) is 28.1 Å². The summed E-state index contributed by atoms with van der Waals surface area (Å²) in [5.74, 6) is 1.37. The molecule has 0 amide bonds. The summed E-state index contributed by atoms with van der Waals surface area (Å²) >= 11 is 0. The number of esters is 1. The lowest BCUT2D eigenvalue weighted by Gasteiger charge is -2.57. The highest BCUT2D eigenvalue weighted by Crippen LogP contribution is 2.79. The zero-order chi connectivity index (χ0) is 20.6. The first-order valence-corrected chi connectivity index (χ1v) is 10.8. The molecule has 4 aliphatic rings. The fraction of sp³-hybridized carbons (Fsp3) is 0.600. The normalized spacial score (nSPS) is 41.3. The van der Waals surface area contributed by atoms with Crippen LogP contribution < -0.4 is 4.74 Å². The van der Waals surface area contributed by atoms with Crippen molar-refractivity contribution in [3.8, 4) is 5.75 Å². The Morgan fingerprint density at radius 2 is 1.93 bits per heavy atom. The van der Waals surface area contributed by atoms with Crippen molar-refractivity contribution in [2.45, 2.75) is 51.9 Å². The van der Waals surface area contributed by atoms with Gasteiger partial charge in [0.25, 0.3) is 0 Å². The number of aryl methyl sites for hydroxylation is 1. The second-order valence-corrected chi connectivity index (χ2v) is 9.77. The Morgan fingerprint density at radius 1 is 1.14 bits per heavy atom. The number of ether oxygens (including phenoxy) is 2. The molecule has 4 aliphatic carbocycles. The minimum absolute atomic E-state index is 0.113. The molecular formula is C25H30O4. The molecule has 5 rings (SSSR count). The third-order valence-corrected chi connectivity index (χ3v) is 9.32. The van der Waals surface area contributed by atoms with Crippen LogP contribution in [0, 0.1) is 28.1 Å². The predicted octanol–water partition coefficient (Wildman–Crippen LogP) is 4.47. The van der Waals surface area contributed by atoms with Crippen LogP contribution in [-0.4, -0.2) is 26.0 Å². The Hall–Kier alpha value is -2.10. The predicted molar refractivity (Wildman–Crippen MR) is 110 cm³/mol. The van der Waals surface area contributed by atoms with Crippen LogP contribution in [0.4, 0.5) is 0 Å². The Labute approximate surface area is 172 Å². The first-order valence-electron chi connectivity index (χ1n) is 10.8. The van der Waals surface area contributed by atoms with E-state index >= 15 is 0 Å². The van der Waals surface area contributed by atoms with E-state index in [9.17, 15) is 9.59 Å². The molecule has 0 heterocycles. The Bertz CT molecular complexity index is 933. The van der Waals surface area contributed by atoms with Crippen molar-refractivity contribution < 1.29 is 19.1 Å². The summed E-state index contributed by atoms with van der Waals surface area (Å²) in [5, 5.41) is 0. The number of rotatable bonds is 3. The molecule has 0 N–H and O–H groups in total. The zero-order valence-corrected chi connectivity index (χ0v) is 17.8. The lowest BCUT2D eigenvalue weighted by atomic mass is 9.46. The Balaban J connectivity index is 1.62. The molecule has 1 unspecified atom stereocenters. The van der Waals surface area contributed by atoms with Gasteiger partial charge in [-0.3, -0.25) is 9.59 Å². The maximum atomic E-state index is 13.1. The number of methoxy groups -OCH3 is 2. The highest BCUT2D eigenvalue weighted by atomic mass is 16.5. The number of hydrogen-bond donors (Lipinski definition) is 0. The molecule has 4 nitrogen and oxygen atoms in total. The summed E-state index contributed by atoms with van der Waals surface area (Å²) in [6.07, 6.45) is 9.30. The van der Waals surface area contributed by atoms with Crippen molar-refractivity contribution in [1.29, 1.82) is 0 Å². The minimum atomic E-state index is -0.717. The van der Waals surface area contributed by atoms with Crippen LogP contribution >= 0.6 is 0 Å². The van der Waals surface area contributed by atoms with Gasteiger partial charge in [0.05, 0.1) is 25.6 Å². The van der Waals surface area contributed by atoms with Crippen molar-refractivity contribution in [3.05, 3.63) is 41.5 Å². The molecule has 2 bridgehead atoms. The first kappa shape index (κ1) is 18.9. The molecule has 0 aliphatic heterocycles. The summed E-state index contributed by atoms with van der Waals surface area (Å²) in [6.45, 7) is 3.94. The molecule has 154 valence electrons. The number of ketones is 1. The highest BCUT2D eigenvalue weighted by molar-refractivity contribution is 5.94. The Kier molecular flexibility index (Phi) is 3.89. The molecule has 29 heavy (non-hydrogen) atoms. The molecule has 4 heteroatoms. The summed E-state index contributed by atoms with van der Waals surface area (Å²) in [7, 11) is 3.16. The van der Waals surface area contributed by atoms with Gasteiger partial charge in [-0.05, 0) is 85.0 Å². The summed E-state index contributed by atoms with van der Waals surface area (Å²) in [5.41, 5.74) is 1.79. The van der Waals surface area contributed by atoms with Crippen LogP contribution in [0.1, 0.15) is 56.6 Å². The Morgan fingerprint density at radius 3 is 2.62 bits per heavy atom. The molecule has 0 aromatic heterocycles. The van der Waals surface area contributed by atoms with E-state index in [1.54, 1.807) is 14.0 Å². The molecule has 1 aromatic rings. The van der Waals surface area contributed by atoms with E-state index in [4.69, 9.17) is 9.47 Å². The van der Waals surface area contributed by atoms with E-state index in [2.05, 4.69) is 37.3 Å². The van der Waals surface area contributed by atoms with E-state index < -0.39 is 5.41 Å². The minimum Gasteiger partial charge on any atom is -0.497 e. The van der Waals surface area contributed by atoms with E-state index in [0.29, 0.717) is 11.8 Å². The molecular weight excluding hydrogens is 364 g/mol. The maximum Gasteiger partial charge on any atom is 0.310 e. The zero-order valence-electron chi connectivity index (χ0n) is 17.8. The fourth-order valence-corrected chi connectivity index (χ4v) is 8.05. The number of carbonyl (C=O) groups is 2. The molecule has 1 aromatic carbocycles. The summed E-state index contributed by atoms with van der Waals surface area (Å²) in [6, 6.07) is 6.50. The van der Waals surface area contributed by atoms with Crippen LogP contribution in [0.2, 0.25) is 0 Å². The van der Waals surface area contributed by atoms with Gasteiger partial charge >= 0.3 is 5.97 Å². The topological polar surface area (TPSA) is 52.6 Å². The fourth-order valence-electron chi connectivity index (χ4n) is 8.05. The van der Waals surface area contributed by atoms with Crippen LogP contribution in [0.5, 0.6) is 5.75 Å². The number of hydrogen-bond acceptors (Lipinski definition) is 4. The van der Waals surface area contributed by atoms with Crippen LogP contribution in [-0.2, 0) is 20.7 Å². The second-order valence-electron chi connectivity index (χ2n) is 9.77. The SMILES string of the molecule is COC(=O)[C@@H]1CC23C=C[C@@]1(C(C)=O)[C@@]2(C)CC[C@@H]1c2ccc(OC)cc2CC[C@H]13. The number of benzene rings is 1. The van der Waals surface area contributed by atoms with E-state index in [0.717, 1.165) is 37.9 Å². The monoisotopic (exact) mass is 394 g/mol. The van der Waals surface area contributed by atoms with Gasteiger partial charge in [0.1, 0.15) is 11.5 Å². The van der Waals surface area contributed by atoms with E-state index in [1.807, 2.05) is 0 Å². The van der Waals surface area contributed by atoms with Crippen LogP contribution in [0.3, 0.4) is 0 Å². The molecule has 0 saturated heterocycles. The van der Waals surface area contributed by atoms with Gasteiger partial charge < -0.3 is 9.47 Å². The van der Waals surface area contributed by atoms with Gasteiger partial charge in [0.15, 0.2) is 0 Å². The standard InChI is InChI=1S/C25H30O4/c1-15(26)25-12-11-24(14-21(25)22(27)29-4)20-8-5-16-13-17(28-3)6-7-18(16)19(20)9-10-23(24,25)2/h6-7,11-13,19-21H,5,8-10,14H2,1-4H3/t19-,20-,21+,23+,24?,25+/m1/s1. The third kappa shape index (κ3) is 2.00. The number of allylic oxidation sites excluding steroid dienone is 2. The van der Waals surface area contributed by atoms with Gasteiger partial charge in [-0.1, -0.05) is 25.1 Å². The second kappa shape index (κ2) is 5.96. The number of Topliss-reactive ketones (excluding diaryl/α,β-unsaturated/α-hetero) is 1. The lowest BCUT2D eigenvalue weighted by Crippen LogP contribution is -2.52. The highest BCUT2D eigenvalue weighted by Gasteiger charge is 2.77. The van der Waals surface area contributed by atoms with Gasteiger partial charge in [0.2, 0.25) is 0 Å². The molecule has 0 radical (unpaired) electrons. The third-order valence-electron chi connectivity index (χ3n) is 9.32. The van der Waals surface area contributed by atoms with Crippen molar-refractivity contribution in [1.82, 2.24) is 0 Å². The van der Waals surface area contributed by atoms with Crippen molar-refractivity contribution in [3.63, 3.8) is 0 Å². The van der Waals surface area contributed by atoms with Crippen LogP contribution in [0.15, 0.2) is 30.4 Å². The summed E-state index contributed by atoms with van der Waals surface area (Å²) in [4.78, 5) is 25.9. The molecule has 2 fully saturated rings. The lowest BCUT2D eigenvalue weighted by molar-refractivity contribution is -0.154. The van der Waals surface area contributed by atoms with Crippen molar-refractivity contribution in [2.75, 3.05) is 14.2 Å². The molecule has 2 saturated carbocycles. The van der Waals surface area contributed by atoms with E-state index in [-0.39, 0.29) is 28.5 Å². The molecule has 6 atom stereocenters. The quantitative estimate of drug-likeness (QED) is 0.561. The summed E-state index contributed by atoms with van der Waals surface area (Å²) < 4.78 is 10.6. The number of fused-ring (bicyclic) bond motifs is 3. The van der Waals surface area contributed by atoms with Gasteiger partial charge in [-0.2, -0.15) is 0 Å². The maximum absolute atomic E-state index is 13.1. The smallest absolute Gasteiger partial charge is 0.310 e. The van der Waals surface area contributed by atoms with Gasteiger partial charge in [-0.15, -0.1) is 0 Å².